The van der Waals surface area contributed by atoms with Gasteiger partial charge < -0.3 is 9.64 Å². The molecule has 3 nitrogen and oxygen atoms in total. The van der Waals surface area contributed by atoms with E-state index in [0.717, 1.165) is 30.4 Å². The fraction of sp³-hybridized carbons (Fsp3) is 0.167. The van der Waals surface area contributed by atoms with Gasteiger partial charge in [0.15, 0.2) is 0 Å². The Morgan fingerprint density at radius 1 is 1.10 bits per heavy atom. The number of carbonyl (C=O) groups excluding carboxylic acids is 1. The first-order valence-electron chi connectivity index (χ1n) is 7.01. The largest absolute Gasteiger partial charge is 0.423 e. The molecule has 2 aromatic carbocycles. The van der Waals surface area contributed by atoms with Crippen LogP contribution in [0.15, 0.2) is 67.3 Å². The number of hydrogen-bond donors (Lipinski definition) is 0. The zero-order valence-corrected chi connectivity index (χ0v) is 12.2. The van der Waals surface area contributed by atoms with E-state index in [1.807, 2.05) is 30.3 Å². The van der Waals surface area contributed by atoms with E-state index < -0.39 is 5.97 Å². The number of para-hydroxylation sites is 1. The summed E-state index contributed by atoms with van der Waals surface area (Å²) < 4.78 is 5.09. The highest BCUT2D eigenvalue weighted by Crippen LogP contribution is 2.27. The maximum atomic E-state index is 11.2. The number of benzene rings is 2. The summed E-state index contributed by atoms with van der Waals surface area (Å²) in [4.78, 5) is 13.4. The highest BCUT2D eigenvalue weighted by Gasteiger charge is 2.08. The zero-order valence-electron chi connectivity index (χ0n) is 12.2. The van der Waals surface area contributed by atoms with E-state index in [4.69, 9.17) is 4.74 Å². The number of rotatable bonds is 6. The molecular weight excluding hydrogens is 262 g/mol. The van der Waals surface area contributed by atoms with Crippen LogP contribution in [0.2, 0.25) is 0 Å². The fourth-order valence-corrected chi connectivity index (χ4v) is 2.09. The van der Waals surface area contributed by atoms with Gasteiger partial charge in [-0.1, -0.05) is 31.7 Å². The molecule has 0 aliphatic heterocycles. The molecule has 0 N–H and O–H groups in total. The highest BCUT2D eigenvalue weighted by atomic mass is 16.5. The monoisotopic (exact) mass is 281 g/mol. The highest BCUT2D eigenvalue weighted by molar-refractivity contribution is 5.83. The second-order valence-corrected chi connectivity index (χ2v) is 4.61. The maximum Gasteiger partial charge on any atom is 0.335 e. The van der Waals surface area contributed by atoms with Crippen LogP contribution in [-0.2, 0) is 4.79 Å². The van der Waals surface area contributed by atoms with Gasteiger partial charge in [-0.3, -0.25) is 0 Å². The van der Waals surface area contributed by atoms with Gasteiger partial charge in [0.2, 0.25) is 0 Å². The molecule has 0 atom stereocenters. The first kappa shape index (κ1) is 14.9. The van der Waals surface area contributed by atoms with Gasteiger partial charge in [0.1, 0.15) is 5.75 Å². The number of nitrogens with zero attached hydrogens (tertiary/aromatic N) is 1. The molecule has 2 aromatic rings. The van der Waals surface area contributed by atoms with Gasteiger partial charge in [0.05, 0.1) is 0 Å². The second kappa shape index (κ2) is 7.29. The van der Waals surface area contributed by atoms with Gasteiger partial charge >= 0.3 is 5.97 Å². The molecule has 0 saturated heterocycles. The molecule has 21 heavy (non-hydrogen) atoms. The SMILES string of the molecule is C=CC(=O)Oc1ccc(N(CCC)c2ccccc2)cc1. The first-order valence-corrected chi connectivity index (χ1v) is 7.01. The molecule has 2 rings (SSSR count). The maximum absolute atomic E-state index is 11.2. The van der Waals surface area contributed by atoms with Crippen LogP contribution >= 0.6 is 0 Å². The number of carbonyl (C=O) groups is 1. The predicted octanol–water partition coefficient (Wildman–Crippen LogP) is 4.33. The van der Waals surface area contributed by atoms with E-state index in [0.29, 0.717) is 5.75 Å². The molecule has 0 amide bonds. The molecule has 3 heteroatoms. The zero-order chi connectivity index (χ0) is 15.1. The van der Waals surface area contributed by atoms with Gasteiger partial charge in [0, 0.05) is 24.0 Å². The Kier molecular flexibility index (Phi) is 5.16. The minimum absolute atomic E-state index is 0.448. The normalized spacial score (nSPS) is 9.95. The van der Waals surface area contributed by atoms with Crippen molar-refractivity contribution in [1.29, 1.82) is 0 Å². The van der Waals surface area contributed by atoms with Crippen LogP contribution in [0.5, 0.6) is 5.75 Å². The van der Waals surface area contributed by atoms with Crippen molar-refractivity contribution in [2.24, 2.45) is 0 Å². The standard InChI is InChI=1S/C18H19NO2/c1-3-14-19(15-8-6-5-7-9-15)16-10-12-17(13-11-16)21-18(20)4-2/h4-13H,2-3,14H2,1H3. The molecule has 0 saturated carbocycles. The summed E-state index contributed by atoms with van der Waals surface area (Å²) in [6.07, 6.45) is 2.20. The number of anilines is 2. The molecule has 0 aromatic heterocycles. The molecule has 108 valence electrons. The van der Waals surface area contributed by atoms with Crippen LogP contribution in [0, 0.1) is 0 Å². The van der Waals surface area contributed by atoms with Gasteiger partial charge in [-0.15, -0.1) is 0 Å². The third-order valence-corrected chi connectivity index (χ3v) is 3.05. The van der Waals surface area contributed by atoms with Crippen molar-refractivity contribution in [3.8, 4) is 5.75 Å². The number of esters is 1. The molecule has 0 aliphatic carbocycles. The smallest absolute Gasteiger partial charge is 0.335 e. The van der Waals surface area contributed by atoms with E-state index in [1.54, 1.807) is 12.1 Å². The molecule has 0 spiro atoms. The summed E-state index contributed by atoms with van der Waals surface area (Å²) in [5, 5.41) is 0. The summed E-state index contributed by atoms with van der Waals surface area (Å²) in [6.45, 7) is 6.46. The topological polar surface area (TPSA) is 29.5 Å². The lowest BCUT2D eigenvalue weighted by Crippen LogP contribution is -2.17. The third-order valence-electron chi connectivity index (χ3n) is 3.05. The molecule has 0 fully saturated rings. The van der Waals surface area contributed by atoms with Gasteiger partial charge in [-0.2, -0.15) is 0 Å². The summed E-state index contributed by atoms with van der Waals surface area (Å²) in [5.74, 6) is 0.0735. The number of hydrogen-bond acceptors (Lipinski definition) is 3. The van der Waals surface area contributed by atoms with E-state index in [2.05, 4.69) is 30.5 Å². The molecule has 0 aliphatic rings. The fourth-order valence-electron chi connectivity index (χ4n) is 2.09. The average molecular weight is 281 g/mol. The quantitative estimate of drug-likeness (QED) is 0.448. The second-order valence-electron chi connectivity index (χ2n) is 4.61. The van der Waals surface area contributed by atoms with Crippen LogP contribution in [0.1, 0.15) is 13.3 Å². The summed E-state index contributed by atoms with van der Waals surface area (Å²) in [5.41, 5.74) is 2.22. The Bertz CT molecular complexity index is 590. The Labute approximate surface area is 125 Å². The lowest BCUT2D eigenvalue weighted by molar-refractivity contribution is -0.128. The minimum Gasteiger partial charge on any atom is -0.423 e. The Balaban J connectivity index is 2.21. The van der Waals surface area contributed by atoms with E-state index in [9.17, 15) is 4.79 Å². The molecular formula is C18H19NO2. The van der Waals surface area contributed by atoms with E-state index in [1.165, 1.54) is 0 Å². The van der Waals surface area contributed by atoms with E-state index >= 15 is 0 Å². The summed E-state index contributed by atoms with van der Waals surface area (Å²) in [6, 6.07) is 17.7. The summed E-state index contributed by atoms with van der Waals surface area (Å²) in [7, 11) is 0. The van der Waals surface area contributed by atoms with Crippen molar-refractivity contribution in [2.75, 3.05) is 11.4 Å². The van der Waals surface area contributed by atoms with Gasteiger partial charge in [-0.05, 0) is 42.8 Å². The van der Waals surface area contributed by atoms with Crippen LogP contribution in [-0.4, -0.2) is 12.5 Å². The van der Waals surface area contributed by atoms with E-state index in [-0.39, 0.29) is 0 Å². The Morgan fingerprint density at radius 2 is 1.71 bits per heavy atom. The first-order chi connectivity index (χ1) is 10.2. The summed E-state index contributed by atoms with van der Waals surface area (Å²) >= 11 is 0. The lowest BCUT2D eigenvalue weighted by atomic mass is 10.2. The molecule has 0 radical (unpaired) electrons. The minimum atomic E-state index is -0.448. The third kappa shape index (κ3) is 3.96. The lowest BCUT2D eigenvalue weighted by Gasteiger charge is -2.24. The van der Waals surface area contributed by atoms with Crippen molar-refractivity contribution in [1.82, 2.24) is 0 Å². The molecule has 0 heterocycles. The van der Waals surface area contributed by atoms with Crippen molar-refractivity contribution < 1.29 is 9.53 Å². The van der Waals surface area contributed by atoms with Crippen molar-refractivity contribution in [3.63, 3.8) is 0 Å². The molecule has 0 unspecified atom stereocenters. The van der Waals surface area contributed by atoms with Crippen molar-refractivity contribution in [3.05, 3.63) is 67.3 Å². The van der Waals surface area contributed by atoms with Crippen molar-refractivity contribution >= 4 is 17.3 Å². The average Bonchev–Trinajstić information content (AvgIpc) is 2.54. The number of ether oxygens (including phenoxy) is 1. The van der Waals surface area contributed by atoms with Gasteiger partial charge in [-0.25, -0.2) is 4.79 Å². The van der Waals surface area contributed by atoms with Gasteiger partial charge in [0.25, 0.3) is 0 Å². The predicted molar refractivity (Wildman–Crippen MR) is 86.0 cm³/mol. The van der Waals surface area contributed by atoms with Crippen LogP contribution in [0.25, 0.3) is 0 Å². The van der Waals surface area contributed by atoms with Crippen molar-refractivity contribution in [2.45, 2.75) is 13.3 Å². The molecule has 0 bridgehead atoms. The Hall–Kier alpha value is -2.55. The Morgan fingerprint density at radius 3 is 2.29 bits per heavy atom. The van der Waals surface area contributed by atoms with Crippen LogP contribution in [0.3, 0.4) is 0 Å². The van der Waals surface area contributed by atoms with Crippen LogP contribution < -0.4 is 9.64 Å². The van der Waals surface area contributed by atoms with Crippen LogP contribution in [0.4, 0.5) is 11.4 Å².